The highest BCUT2D eigenvalue weighted by molar-refractivity contribution is 5.85. The first-order valence-corrected chi connectivity index (χ1v) is 9.34. The molecule has 0 atom stereocenters. The van der Waals surface area contributed by atoms with Crippen molar-refractivity contribution in [3.63, 3.8) is 0 Å². The second-order valence-electron chi connectivity index (χ2n) is 6.60. The summed E-state index contributed by atoms with van der Waals surface area (Å²) in [6, 6.07) is 17.5. The monoisotopic (exact) mass is 391 g/mol. The molecular weight excluding hydrogens is 366 g/mol. The standard InChI is InChI=1S/C22H25N5O2/c1-16-21(17(2)27(26-16)15-18-7-5-4-6-8-18)13-24-25-22(28)14-23-19-9-11-20(29-3)12-10-19/h4-13,23H,14-15H2,1-3H3,(H,25,28)/b24-13+. The maximum Gasteiger partial charge on any atom is 0.259 e. The van der Waals surface area contributed by atoms with Gasteiger partial charge in [0.15, 0.2) is 0 Å². The van der Waals surface area contributed by atoms with Gasteiger partial charge < -0.3 is 10.1 Å². The highest BCUT2D eigenvalue weighted by Gasteiger charge is 2.10. The first-order chi connectivity index (χ1) is 14.1. The van der Waals surface area contributed by atoms with E-state index in [9.17, 15) is 4.79 Å². The number of anilines is 1. The van der Waals surface area contributed by atoms with Crippen molar-refractivity contribution >= 4 is 17.8 Å². The highest BCUT2D eigenvalue weighted by Crippen LogP contribution is 2.15. The summed E-state index contributed by atoms with van der Waals surface area (Å²) in [7, 11) is 1.61. The Morgan fingerprint density at radius 3 is 2.55 bits per heavy atom. The Labute approximate surface area is 170 Å². The third-order valence-corrected chi connectivity index (χ3v) is 4.54. The van der Waals surface area contributed by atoms with Crippen molar-refractivity contribution in [3.8, 4) is 5.75 Å². The SMILES string of the molecule is COc1ccc(NCC(=O)N/N=C/c2c(C)nn(Cc3ccccc3)c2C)cc1. The molecule has 0 fully saturated rings. The van der Waals surface area contributed by atoms with Gasteiger partial charge in [0.25, 0.3) is 5.91 Å². The number of amides is 1. The molecule has 0 aliphatic rings. The molecule has 0 unspecified atom stereocenters. The second-order valence-corrected chi connectivity index (χ2v) is 6.60. The fourth-order valence-corrected chi connectivity index (χ4v) is 2.91. The molecule has 1 heterocycles. The van der Waals surface area contributed by atoms with Crippen LogP contribution in [0.3, 0.4) is 0 Å². The van der Waals surface area contributed by atoms with E-state index in [-0.39, 0.29) is 12.5 Å². The molecule has 0 aliphatic carbocycles. The zero-order valence-corrected chi connectivity index (χ0v) is 16.8. The average Bonchev–Trinajstić information content (AvgIpc) is 3.00. The first-order valence-electron chi connectivity index (χ1n) is 9.34. The van der Waals surface area contributed by atoms with Crippen LogP contribution in [0.15, 0.2) is 59.7 Å². The summed E-state index contributed by atoms with van der Waals surface area (Å²) in [5, 5.41) is 11.7. The summed E-state index contributed by atoms with van der Waals surface area (Å²) in [4.78, 5) is 12.0. The number of hydrogen-bond acceptors (Lipinski definition) is 5. The van der Waals surface area contributed by atoms with Gasteiger partial charge in [-0.15, -0.1) is 0 Å². The number of ether oxygens (including phenoxy) is 1. The minimum atomic E-state index is -0.232. The number of hydrogen-bond donors (Lipinski definition) is 2. The summed E-state index contributed by atoms with van der Waals surface area (Å²) >= 11 is 0. The average molecular weight is 391 g/mol. The van der Waals surface area contributed by atoms with Gasteiger partial charge in [-0.25, -0.2) is 5.43 Å². The number of benzene rings is 2. The Morgan fingerprint density at radius 2 is 1.86 bits per heavy atom. The number of rotatable bonds is 8. The zero-order chi connectivity index (χ0) is 20.6. The van der Waals surface area contributed by atoms with Crippen LogP contribution in [0, 0.1) is 13.8 Å². The molecule has 0 spiro atoms. The van der Waals surface area contributed by atoms with Crippen LogP contribution in [-0.2, 0) is 11.3 Å². The van der Waals surface area contributed by atoms with E-state index in [0.717, 1.165) is 28.4 Å². The van der Waals surface area contributed by atoms with E-state index in [0.29, 0.717) is 6.54 Å². The Morgan fingerprint density at radius 1 is 1.14 bits per heavy atom. The Balaban J connectivity index is 1.54. The largest absolute Gasteiger partial charge is 0.497 e. The summed E-state index contributed by atoms with van der Waals surface area (Å²) in [5.41, 5.74) is 7.33. The molecule has 7 nitrogen and oxygen atoms in total. The van der Waals surface area contributed by atoms with E-state index in [2.05, 4.69) is 33.1 Å². The van der Waals surface area contributed by atoms with E-state index in [4.69, 9.17) is 4.74 Å². The molecule has 7 heteroatoms. The first kappa shape index (κ1) is 20.1. The molecular formula is C22H25N5O2. The van der Waals surface area contributed by atoms with Crippen LogP contribution < -0.4 is 15.5 Å². The van der Waals surface area contributed by atoms with Crippen LogP contribution >= 0.6 is 0 Å². The van der Waals surface area contributed by atoms with Crippen molar-refractivity contribution in [2.75, 3.05) is 19.0 Å². The number of nitrogens with one attached hydrogen (secondary N) is 2. The molecule has 29 heavy (non-hydrogen) atoms. The molecule has 3 aromatic rings. The van der Waals surface area contributed by atoms with Gasteiger partial charge in [0.1, 0.15) is 5.75 Å². The van der Waals surface area contributed by atoms with Gasteiger partial charge in [-0.05, 0) is 43.7 Å². The van der Waals surface area contributed by atoms with Crippen LogP contribution in [0.2, 0.25) is 0 Å². The van der Waals surface area contributed by atoms with Crippen LogP contribution in [0.25, 0.3) is 0 Å². The van der Waals surface area contributed by atoms with E-state index in [1.807, 2.05) is 61.0 Å². The molecule has 0 saturated carbocycles. The molecule has 0 bridgehead atoms. The van der Waals surface area contributed by atoms with Crippen LogP contribution in [0.1, 0.15) is 22.5 Å². The van der Waals surface area contributed by atoms with Gasteiger partial charge in [-0.3, -0.25) is 9.48 Å². The van der Waals surface area contributed by atoms with Gasteiger partial charge in [0.2, 0.25) is 0 Å². The third-order valence-electron chi connectivity index (χ3n) is 4.54. The third kappa shape index (κ3) is 5.44. The fourth-order valence-electron chi connectivity index (χ4n) is 2.91. The van der Waals surface area contributed by atoms with Crippen molar-refractivity contribution in [3.05, 3.63) is 77.1 Å². The minimum absolute atomic E-state index is 0.120. The maximum atomic E-state index is 12.0. The summed E-state index contributed by atoms with van der Waals surface area (Å²) in [6.45, 7) is 4.74. The smallest absolute Gasteiger partial charge is 0.259 e. The molecule has 0 radical (unpaired) electrons. The zero-order valence-electron chi connectivity index (χ0n) is 16.8. The molecule has 0 saturated heterocycles. The lowest BCUT2D eigenvalue weighted by Gasteiger charge is -2.06. The topological polar surface area (TPSA) is 80.5 Å². The van der Waals surface area contributed by atoms with Gasteiger partial charge in [0.05, 0.1) is 32.1 Å². The van der Waals surface area contributed by atoms with Crippen molar-refractivity contribution in [1.29, 1.82) is 0 Å². The van der Waals surface area contributed by atoms with Gasteiger partial charge in [-0.2, -0.15) is 10.2 Å². The normalized spacial score (nSPS) is 10.9. The Hall–Kier alpha value is -3.61. The number of carbonyl (C=O) groups excluding carboxylic acids is 1. The molecule has 1 amide bonds. The predicted octanol–water partition coefficient (Wildman–Crippen LogP) is 3.12. The van der Waals surface area contributed by atoms with Crippen LogP contribution in [0.5, 0.6) is 5.75 Å². The number of aryl methyl sites for hydroxylation is 1. The van der Waals surface area contributed by atoms with Crippen molar-refractivity contribution in [2.45, 2.75) is 20.4 Å². The van der Waals surface area contributed by atoms with Gasteiger partial charge in [0, 0.05) is 16.9 Å². The van der Waals surface area contributed by atoms with Gasteiger partial charge >= 0.3 is 0 Å². The number of carbonyl (C=O) groups is 1. The van der Waals surface area contributed by atoms with E-state index < -0.39 is 0 Å². The lowest BCUT2D eigenvalue weighted by molar-refractivity contribution is -0.119. The molecule has 150 valence electrons. The van der Waals surface area contributed by atoms with Crippen molar-refractivity contribution < 1.29 is 9.53 Å². The lowest BCUT2D eigenvalue weighted by Crippen LogP contribution is -2.25. The molecule has 3 rings (SSSR count). The predicted molar refractivity (Wildman–Crippen MR) is 114 cm³/mol. The molecule has 1 aromatic heterocycles. The minimum Gasteiger partial charge on any atom is -0.497 e. The van der Waals surface area contributed by atoms with Crippen LogP contribution in [-0.4, -0.2) is 35.6 Å². The fraction of sp³-hybridized carbons (Fsp3) is 0.227. The van der Waals surface area contributed by atoms with Crippen LogP contribution in [0.4, 0.5) is 5.69 Å². The van der Waals surface area contributed by atoms with E-state index in [1.165, 1.54) is 5.56 Å². The van der Waals surface area contributed by atoms with Crippen molar-refractivity contribution in [2.24, 2.45) is 5.10 Å². The van der Waals surface area contributed by atoms with E-state index in [1.54, 1.807) is 13.3 Å². The number of hydrazone groups is 1. The lowest BCUT2D eigenvalue weighted by atomic mass is 10.2. The second kappa shape index (κ2) is 9.54. The Bertz CT molecular complexity index is 978. The molecule has 2 N–H and O–H groups in total. The maximum absolute atomic E-state index is 12.0. The summed E-state index contributed by atoms with van der Waals surface area (Å²) in [5.74, 6) is 0.534. The number of aromatic nitrogens is 2. The van der Waals surface area contributed by atoms with Crippen molar-refractivity contribution in [1.82, 2.24) is 15.2 Å². The summed E-state index contributed by atoms with van der Waals surface area (Å²) in [6.07, 6.45) is 1.64. The number of nitrogens with zero attached hydrogens (tertiary/aromatic N) is 3. The highest BCUT2D eigenvalue weighted by atomic mass is 16.5. The Kier molecular flexibility index (Phi) is 6.63. The summed E-state index contributed by atoms with van der Waals surface area (Å²) < 4.78 is 7.05. The molecule has 0 aliphatic heterocycles. The van der Waals surface area contributed by atoms with E-state index >= 15 is 0 Å². The number of methoxy groups -OCH3 is 1. The molecule has 2 aromatic carbocycles. The van der Waals surface area contributed by atoms with Gasteiger partial charge in [-0.1, -0.05) is 30.3 Å². The quantitative estimate of drug-likeness (QED) is 0.457.